The number of esters is 1. The van der Waals surface area contributed by atoms with Crippen molar-refractivity contribution < 1.29 is 13.9 Å². The van der Waals surface area contributed by atoms with Crippen LogP contribution in [0.1, 0.15) is 28.5 Å². The number of methoxy groups -OCH3 is 1. The fourth-order valence-electron chi connectivity index (χ4n) is 3.45. The zero-order valence-electron chi connectivity index (χ0n) is 17.8. The van der Waals surface area contributed by atoms with E-state index in [1.165, 1.54) is 19.2 Å². The minimum Gasteiger partial charge on any atom is -0.465 e. The highest BCUT2D eigenvalue weighted by atomic mass is 79.9. The number of aryl methyl sites for hydroxylation is 2. The summed E-state index contributed by atoms with van der Waals surface area (Å²) < 4.78 is 20.4. The Morgan fingerprint density at radius 3 is 2.59 bits per heavy atom. The predicted octanol–water partition coefficient (Wildman–Crippen LogP) is 4.89. The van der Waals surface area contributed by atoms with Crippen molar-refractivity contribution in [1.82, 2.24) is 19.7 Å². The molecule has 0 saturated carbocycles. The first-order chi connectivity index (χ1) is 15.4. The minimum absolute atomic E-state index is 0.276. The van der Waals surface area contributed by atoms with Gasteiger partial charge in [0.15, 0.2) is 11.5 Å². The number of carbonyl (C=O) groups is 1. The van der Waals surface area contributed by atoms with E-state index in [1.54, 1.807) is 35.0 Å². The fourth-order valence-corrected chi connectivity index (χ4v) is 3.99. The van der Waals surface area contributed by atoms with Crippen molar-refractivity contribution in [2.45, 2.75) is 19.9 Å². The number of carbonyl (C=O) groups excluding carboxylic acids is 1. The van der Waals surface area contributed by atoms with E-state index >= 15 is 0 Å². The first-order valence-electron chi connectivity index (χ1n) is 10.0. The van der Waals surface area contributed by atoms with Gasteiger partial charge < -0.3 is 10.1 Å². The van der Waals surface area contributed by atoms with Gasteiger partial charge >= 0.3 is 5.97 Å². The first-order valence-corrected chi connectivity index (χ1v) is 10.8. The summed E-state index contributed by atoms with van der Waals surface area (Å²) in [7, 11) is 3.19. The molecule has 7 nitrogen and oxygen atoms in total. The fraction of sp³-hybridized carbons (Fsp3) is 0.217. The number of nitrogens with zero attached hydrogens (tertiary/aromatic N) is 4. The number of halogens is 2. The molecular formula is C23H21BrFN5O2. The van der Waals surface area contributed by atoms with Gasteiger partial charge in [0.05, 0.1) is 23.8 Å². The minimum atomic E-state index is -0.430. The maximum absolute atomic E-state index is 13.2. The highest BCUT2D eigenvalue weighted by Crippen LogP contribution is 2.30. The summed E-state index contributed by atoms with van der Waals surface area (Å²) in [6.07, 6.45) is 0.727. The van der Waals surface area contributed by atoms with E-state index in [4.69, 9.17) is 14.7 Å². The van der Waals surface area contributed by atoms with Gasteiger partial charge in [-0.2, -0.15) is 5.10 Å². The Bertz CT molecular complexity index is 1300. The molecule has 4 aromatic rings. The van der Waals surface area contributed by atoms with Crippen LogP contribution in [0.3, 0.4) is 0 Å². The van der Waals surface area contributed by atoms with Crippen molar-refractivity contribution in [1.29, 1.82) is 0 Å². The van der Waals surface area contributed by atoms with Crippen LogP contribution in [-0.4, -0.2) is 32.8 Å². The average molecular weight is 498 g/mol. The van der Waals surface area contributed by atoms with E-state index in [0.29, 0.717) is 33.9 Å². The van der Waals surface area contributed by atoms with Gasteiger partial charge in [0.25, 0.3) is 0 Å². The lowest BCUT2D eigenvalue weighted by atomic mass is 10.1. The zero-order valence-corrected chi connectivity index (χ0v) is 19.4. The summed E-state index contributed by atoms with van der Waals surface area (Å²) in [6, 6.07) is 11.6. The summed E-state index contributed by atoms with van der Waals surface area (Å²) in [5, 5.41) is 8.81. The Kier molecular flexibility index (Phi) is 6.18. The van der Waals surface area contributed by atoms with Gasteiger partial charge in [-0.15, -0.1) is 0 Å². The van der Waals surface area contributed by atoms with Crippen molar-refractivity contribution >= 4 is 38.8 Å². The smallest absolute Gasteiger partial charge is 0.339 e. The molecule has 0 amide bonds. The molecule has 32 heavy (non-hydrogen) atoms. The lowest BCUT2D eigenvalue weighted by Crippen LogP contribution is -2.06. The van der Waals surface area contributed by atoms with Crippen LogP contribution >= 0.6 is 15.9 Å². The molecule has 0 fully saturated rings. The zero-order chi connectivity index (χ0) is 22.8. The number of hydrogen-bond donors (Lipinski definition) is 1. The van der Waals surface area contributed by atoms with Gasteiger partial charge in [0, 0.05) is 23.6 Å². The number of fused-ring (bicyclic) bond motifs is 1. The van der Waals surface area contributed by atoms with Gasteiger partial charge in [-0.3, -0.25) is 0 Å². The number of rotatable bonds is 6. The molecule has 0 bridgehead atoms. The number of hydrogen-bond acceptors (Lipinski definition) is 6. The summed E-state index contributed by atoms with van der Waals surface area (Å²) in [4.78, 5) is 21.4. The third-order valence-corrected chi connectivity index (χ3v) is 5.75. The molecule has 0 atom stereocenters. The normalized spacial score (nSPS) is 11.0. The number of ether oxygens (including phenoxy) is 1. The number of nitrogens with one attached hydrogen (secondary N) is 1. The molecule has 2 aromatic heterocycles. The van der Waals surface area contributed by atoms with Crippen LogP contribution in [0.15, 0.2) is 46.9 Å². The first kappa shape index (κ1) is 21.9. The lowest BCUT2D eigenvalue weighted by molar-refractivity contribution is 0.0599. The molecule has 9 heteroatoms. The second-order valence-electron chi connectivity index (χ2n) is 7.18. The maximum atomic E-state index is 13.2. The second-order valence-corrected chi connectivity index (χ2v) is 8.04. The van der Waals surface area contributed by atoms with Gasteiger partial charge in [-0.25, -0.2) is 23.8 Å². The van der Waals surface area contributed by atoms with Crippen molar-refractivity contribution in [3.8, 4) is 11.4 Å². The lowest BCUT2D eigenvalue weighted by Gasteiger charge is -2.11. The van der Waals surface area contributed by atoms with E-state index in [-0.39, 0.29) is 5.82 Å². The Morgan fingerprint density at radius 2 is 1.94 bits per heavy atom. The standard InChI is InChI=1S/C23H21BrFN5O2/c1-4-18-19-21(26-12-13-5-8-15(25)9-6-13)27-20(28-22(19)30(2)29-18)14-7-10-16(17(24)11-14)23(31)32-3/h5-11H,4,12H2,1-3H3,(H,26,27,28). The average Bonchev–Trinajstić information content (AvgIpc) is 3.13. The molecule has 0 aliphatic rings. The molecular weight excluding hydrogens is 477 g/mol. The Morgan fingerprint density at radius 1 is 1.19 bits per heavy atom. The number of anilines is 1. The van der Waals surface area contributed by atoms with E-state index in [9.17, 15) is 9.18 Å². The second kappa shape index (κ2) is 9.04. The quantitative estimate of drug-likeness (QED) is 0.381. The Hall–Kier alpha value is -3.33. The molecule has 4 rings (SSSR count). The monoisotopic (exact) mass is 497 g/mol. The van der Waals surface area contributed by atoms with Crippen LogP contribution in [-0.2, 0) is 24.8 Å². The number of aromatic nitrogens is 4. The van der Waals surface area contributed by atoms with E-state index < -0.39 is 5.97 Å². The van der Waals surface area contributed by atoms with Gasteiger partial charge in [-0.1, -0.05) is 25.1 Å². The van der Waals surface area contributed by atoms with Crippen LogP contribution < -0.4 is 5.32 Å². The SMILES string of the molecule is CCc1nn(C)c2nc(-c3ccc(C(=O)OC)c(Br)c3)nc(NCc3ccc(F)cc3)c12. The van der Waals surface area contributed by atoms with Crippen molar-refractivity contribution in [3.63, 3.8) is 0 Å². The van der Waals surface area contributed by atoms with Crippen molar-refractivity contribution in [3.05, 3.63) is 69.6 Å². The largest absolute Gasteiger partial charge is 0.465 e. The molecule has 164 valence electrons. The Labute approximate surface area is 192 Å². The van der Waals surface area contributed by atoms with E-state index in [0.717, 1.165) is 28.6 Å². The predicted molar refractivity (Wildman–Crippen MR) is 124 cm³/mol. The highest BCUT2D eigenvalue weighted by Gasteiger charge is 2.19. The molecule has 0 radical (unpaired) electrons. The van der Waals surface area contributed by atoms with Gasteiger partial charge in [0.1, 0.15) is 11.6 Å². The topological polar surface area (TPSA) is 81.9 Å². The molecule has 2 aromatic carbocycles. The maximum Gasteiger partial charge on any atom is 0.339 e. The van der Waals surface area contributed by atoms with Crippen molar-refractivity contribution in [2.24, 2.45) is 7.05 Å². The van der Waals surface area contributed by atoms with Crippen LogP contribution in [0, 0.1) is 5.82 Å². The molecule has 0 aliphatic carbocycles. The van der Waals surface area contributed by atoms with Crippen LogP contribution in [0.2, 0.25) is 0 Å². The summed E-state index contributed by atoms with van der Waals surface area (Å²) in [5.74, 6) is 0.428. The summed E-state index contributed by atoms with van der Waals surface area (Å²) in [6.45, 7) is 2.50. The third-order valence-electron chi connectivity index (χ3n) is 5.10. The third kappa shape index (κ3) is 4.20. The van der Waals surface area contributed by atoms with Crippen LogP contribution in [0.4, 0.5) is 10.2 Å². The van der Waals surface area contributed by atoms with Crippen LogP contribution in [0.5, 0.6) is 0 Å². The highest BCUT2D eigenvalue weighted by molar-refractivity contribution is 9.10. The van der Waals surface area contributed by atoms with Crippen molar-refractivity contribution in [2.75, 3.05) is 12.4 Å². The van der Waals surface area contributed by atoms with E-state index in [2.05, 4.69) is 26.3 Å². The number of benzene rings is 2. The molecule has 0 saturated heterocycles. The summed E-state index contributed by atoms with van der Waals surface area (Å²) >= 11 is 3.43. The van der Waals surface area contributed by atoms with Gasteiger partial charge in [-0.05, 0) is 52.2 Å². The van der Waals surface area contributed by atoms with Gasteiger partial charge in [0.2, 0.25) is 0 Å². The molecule has 0 unspecified atom stereocenters. The molecule has 1 N–H and O–H groups in total. The summed E-state index contributed by atoms with van der Waals surface area (Å²) in [5.41, 5.74) is 3.66. The van der Waals surface area contributed by atoms with Crippen LogP contribution in [0.25, 0.3) is 22.4 Å². The Balaban J connectivity index is 1.79. The molecule has 0 spiro atoms. The molecule has 0 aliphatic heterocycles. The molecule has 2 heterocycles. The van der Waals surface area contributed by atoms with E-state index in [1.807, 2.05) is 14.0 Å².